The Bertz CT molecular complexity index is 376. The molecule has 0 radical (unpaired) electrons. The van der Waals surface area contributed by atoms with Gasteiger partial charge in [0.2, 0.25) is 0 Å². The van der Waals surface area contributed by atoms with Gasteiger partial charge in [0.1, 0.15) is 0 Å². The first-order valence-corrected chi connectivity index (χ1v) is 5.50. The highest BCUT2D eigenvalue weighted by molar-refractivity contribution is 6.31. The SMILES string of the molecule is CC(C)(C)CNC(=O)c1cc(N)cc(Cl)c1. The summed E-state index contributed by atoms with van der Waals surface area (Å²) >= 11 is 5.82. The Balaban J connectivity index is 2.73. The number of carbonyl (C=O) groups is 1. The number of nitrogen functional groups attached to an aromatic ring is 1. The van der Waals surface area contributed by atoms with Crippen LogP contribution >= 0.6 is 11.6 Å². The molecular formula is C12H17ClN2O. The van der Waals surface area contributed by atoms with Gasteiger partial charge in [-0.2, -0.15) is 0 Å². The van der Waals surface area contributed by atoms with Crippen LogP contribution in [0.1, 0.15) is 31.1 Å². The van der Waals surface area contributed by atoms with Crippen molar-refractivity contribution >= 4 is 23.2 Å². The normalized spacial score (nSPS) is 11.2. The van der Waals surface area contributed by atoms with Gasteiger partial charge in [-0.05, 0) is 23.6 Å². The predicted octanol–water partition coefficient (Wildman–Crippen LogP) is 2.70. The van der Waals surface area contributed by atoms with E-state index in [9.17, 15) is 4.79 Å². The molecule has 0 atom stereocenters. The van der Waals surface area contributed by atoms with Crippen molar-refractivity contribution in [1.82, 2.24) is 5.32 Å². The first-order valence-electron chi connectivity index (χ1n) is 5.12. The van der Waals surface area contributed by atoms with Crippen LogP contribution < -0.4 is 11.1 Å². The third-order valence-electron chi connectivity index (χ3n) is 1.96. The van der Waals surface area contributed by atoms with E-state index >= 15 is 0 Å². The second kappa shape index (κ2) is 4.74. The Morgan fingerprint density at radius 2 is 2.00 bits per heavy atom. The van der Waals surface area contributed by atoms with Crippen molar-refractivity contribution in [3.8, 4) is 0 Å². The molecule has 0 bridgehead atoms. The highest BCUT2D eigenvalue weighted by Crippen LogP contribution is 2.17. The van der Waals surface area contributed by atoms with Crippen molar-refractivity contribution in [2.24, 2.45) is 5.41 Å². The molecule has 1 amide bonds. The average Bonchev–Trinajstić information content (AvgIpc) is 2.11. The summed E-state index contributed by atoms with van der Waals surface area (Å²) in [5.74, 6) is -0.149. The van der Waals surface area contributed by atoms with Crippen LogP contribution in [0.2, 0.25) is 5.02 Å². The summed E-state index contributed by atoms with van der Waals surface area (Å²) in [5.41, 5.74) is 6.66. The summed E-state index contributed by atoms with van der Waals surface area (Å²) in [6.45, 7) is 6.77. The molecule has 1 aromatic carbocycles. The van der Waals surface area contributed by atoms with Crippen LogP contribution in [-0.2, 0) is 0 Å². The monoisotopic (exact) mass is 240 g/mol. The van der Waals surface area contributed by atoms with E-state index in [-0.39, 0.29) is 11.3 Å². The second-order valence-corrected chi connectivity index (χ2v) is 5.45. The van der Waals surface area contributed by atoms with Crippen LogP contribution in [0, 0.1) is 5.41 Å². The summed E-state index contributed by atoms with van der Waals surface area (Å²) in [6.07, 6.45) is 0. The van der Waals surface area contributed by atoms with Gasteiger partial charge in [-0.25, -0.2) is 0 Å². The molecule has 0 saturated carbocycles. The molecule has 0 aliphatic heterocycles. The summed E-state index contributed by atoms with van der Waals surface area (Å²) in [5, 5.41) is 3.31. The Kier molecular flexibility index (Phi) is 3.81. The van der Waals surface area contributed by atoms with Crippen molar-refractivity contribution in [3.63, 3.8) is 0 Å². The van der Waals surface area contributed by atoms with Crippen molar-refractivity contribution in [2.75, 3.05) is 12.3 Å². The quantitative estimate of drug-likeness (QED) is 0.781. The lowest BCUT2D eigenvalue weighted by atomic mass is 9.97. The molecule has 16 heavy (non-hydrogen) atoms. The van der Waals surface area contributed by atoms with Gasteiger partial charge in [-0.15, -0.1) is 0 Å². The number of amides is 1. The summed E-state index contributed by atoms with van der Waals surface area (Å²) < 4.78 is 0. The number of rotatable bonds is 2. The fourth-order valence-corrected chi connectivity index (χ4v) is 1.43. The molecule has 1 aromatic rings. The third kappa shape index (κ3) is 4.11. The highest BCUT2D eigenvalue weighted by atomic mass is 35.5. The maximum atomic E-state index is 11.8. The van der Waals surface area contributed by atoms with E-state index in [4.69, 9.17) is 17.3 Å². The van der Waals surface area contributed by atoms with Crippen LogP contribution in [0.5, 0.6) is 0 Å². The number of halogens is 1. The molecule has 0 aromatic heterocycles. The molecule has 0 aliphatic carbocycles. The predicted molar refractivity (Wildman–Crippen MR) is 67.7 cm³/mol. The molecule has 3 nitrogen and oxygen atoms in total. The van der Waals surface area contributed by atoms with E-state index in [2.05, 4.69) is 26.1 Å². The van der Waals surface area contributed by atoms with E-state index in [1.54, 1.807) is 18.2 Å². The Hall–Kier alpha value is -1.22. The van der Waals surface area contributed by atoms with Gasteiger partial charge < -0.3 is 11.1 Å². The van der Waals surface area contributed by atoms with E-state index < -0.39 is 0 Å². The van der Waals surface area contributed by atoms with Gasteiger partial charge in [0.05, 0.1) is 0 Å². The zero-order valence-corrected chi connectivity index (χ0v) is 10.6. The van der Waals surface area contributed by atoms with E-state index in [1.165, 1.54) is 0 Å². The number of nitrogens with two attached hydrogens (primary N) is 1. The summed E-state index contributed by atoms with van der Waals surface area (Å²) in [4.78, 5) is 11.8. The number of benzene rings is 1. The number of hydrogen-bond acceptors (Lipinski definition) is 2. The smallest absolute Gasteiger partial charge is 0.251 e. The molecule has 1 rings (SSSR count). The zero-order chi connectivity index (χ0) is 12.3. The molecule has 0 spiro atoms. The van der Waals surface area contributed by atoms with Crippen LogP contribution in [0.15, 0.2) is 18.2 Å². The van der Waals surface area contributed by atoms with Crippen molar-refractivity contribution in [1.29, 1.82) is 0 Å². The molecule has 0 saturated heterocycles. The first kappa shape index (κ1) is 12.8. The maximum Gasteiger partial charge on any atom is 0.251 e. The van der Waals surface area contributed by atoms with Crippen molar-refractivity contribution in [2.45, 2.75) is 20.8 Å². The third-order valence-corrected chi connectivity index (χ3v) is 2.18. The lowest BCUT2D eigenvalue weighted by Crippen LogP contribution is -2.32. The minimum Gasteiger partial charge on any atom is -0.399 e. The highest BCUT2D eigenvalue weighted by Gasteiger charge is 2.13. The molecule has 0 fully saturated rings. The van der Waals surface area contributed by atoms with Crippen molar-refractivity contribution < 1.29 is 4.79 Å². The van der Waals surface area contributed by atoms with Crippen LogP contribution in [0.3, 0.4) is 0 Å². The zero-order valence-electron chi connectivity index (χ0n) is 9.80. The average molecular weight is 241 g/mol. The number of anilines is 1. The Morgan fingerprint density at radius 1 is 1.38 bits per heavy atom. The van der Waals surface area contributed by atoms with E-state index in [1.807, 2.05) is 0 Å². The fraction of sp³-hybridized carbons (Fsp3) is 0.417. The molecular weight excluding hydrogens is 224 g/mol. The second-order valence-electron chi connectivity index (χ2n) is 5.02. The Labute approximate surface area is 101 Å². The summed E-state index contributed by atoms with van der Waals surface area (Å²) in [6, 6.07) is 4.84. The summed E-state index contributed by atoms with van der Waals surface area (Å²) in [7, 11) is 0. The molecule has 4 heteroatoms. The van der Waals surface area contributed by atoms with Gasteiger partial charge in [-0.1, -0.05) is 32.4 Å². The van der Waals surface area contributed by atoms with Gasteiger partial charge in [0.15, 0.2) is 0 Å². The lowest BCUT2D eigenvalue weighted by Gasteiger charge is -2.18. The van der Waals surface area contributed by atoms with Crippen LogP contribution in [0.4, 0.5) is 5.69 Å². The topological polar surface area (TPSA) is 55.1 Å². The molecule has 0 heterocycles. The maximum absolute atomic E-state index is 11.8. The first-order chi connectivity index (χ1) is 7.28. The fourth-order valence-electron chi connectivity index (χ4n) is 1.19. The lowest BCUT2D eigenvalue weighted by molar-refractivity contribution is 0.0939. The van der Waals surface area contributed by atoms with Crippen LogP contribution in [0.25, 0.3) is 0 Å². The van der Waals surface area contributed by atoms with Crippen molar-refractivity contribution in [3.05, 3.63) is 28.8 Å². The standard InChI is InChI=1S/C12H17ClN2O/c1-12(2,3)7-15-11(16)8-4-9(13)6-10(14)5-8/h4-6H,7,14H2,1-3H3,(H,15,16). The molecule has 0 aliphatic rings. The molecule has 88 valence electrons. The van der Waals surface area contributed by atoms with Gasteiger partial charge in [-0.3, -0.25) is 4.79 Å². The molecule has 0 unspecified atom stereocenters. The number of nitrogens with one attached hydrogen (secondary N) is 1. The largest absolute Gasteiger partial charge is 0.399 e. The minimum atomic E-state index is -0.149. The number of carbonyl (C=O) groups excluding carboxylic acids is 1. The van der Waals surface area contributed by atoms with E-state index in [0.717, 1.165) is 0 Å². The minimum absolute atomic E-state index is 0.0553. The van der Waals surface area contributed by atoms with E-state index in [0.29, 0.717) is 22.8 Å². The van der Waals surface area contributed by atoms with Crippen LogP contribution in [-0.4, -0.2) is 12.5 Å². The van der Waals surface area contributed by atoms with Gasteiger partial charge in [0.25, 0.3) is 5.91 Å². The van der Waals surface area contributed by atoms with Gasteiger partial charge >= 0.3 is 0 Å². The van der Waals surface area contributed by atoms with Gasteiger partial charge in [0, 0.05) is 22.8 Å². The number of hydrogen-bond donors (Lipinski definition) is 2. The molecule has 3 N–H and O–H groups in total. The Morgan fingerprint density at radius 3 is 2.50 bits per heavy atom.